The molecule has 2 heteroatoms. The van der Waals surface area contributed by atoms with Crippen molar-refractivity contribution in [1.82, 2.24) is 5.32 Å². The van der Waals surface area contributed by atoms with Crippen molar-refractivity contribution in [2.75, 3.05) is 13.2 Å². The van der Waals surface area contributed by atoms with E-state index < -0.39 is 0 Å². The van der Waals surface area contributed by atoms with Gasteiger partial charge in [-0.1, -0.05) is 19.8 Å². The van der Waals surface area contributed by atoms with Crippen LogP contribution >= 0.6 is 0 Å². The highest BCUT2D eigenvalue weighted by Crippen LogP contribution is 2.33. The summed E-state index contributed by atoms with van der Waals surface area (Å²) in [6.45, 7) is 10.6. The smallest absolute Gasteiger partial charge is 0.0626 e. The average Bonchev–Trinajstić information content (AvgIpc) is 2.99. The first-order valence-electron chi connectivity index (χ1n) is 6.88. The number of hydrogen-bond donors (Lipinski definition) is 1. The summed E-state index contributed by atoms with van der Waals surface area (Å²) in [6.07, 6.45) is 6.78. The van der Waals surface area contributed by atoms with E-state index in [0.29, 0.717) is 6.04 Å². The molecule has 0 aromatic heterocycles. The Balaban J connectivity index is 2.18. The third-order valence-corrected chi connectivity index (χ3v) is 3.02. The molecule has 1 fully saturated rings. The van der Waals surface area contributed by atoms with Gasteiger partial charge in [0.1, 0.15) is 0 Å². The lowest BCUT2D eigenvalue weighted by molar-refractivity contribution is -0.0157. The molecule has 2 nitrogen and oxygen atoms in total. The van der Waals surface area contributed by atoms with Crippen molar-refractivity contribution in [2.24, 2.45) is 5.92 Å². The molecule has 1 atom stereocenters. The van der Waals surface area contributed by atoms with E-state index in [2.05, 4.69) is 33.0 Å². The minimum absolute atomic E-state index is 0.00821. The van der Waals surface area contributed by atoms with Gasteiger partial charge in [0.25, 0.3) is 0 Å². The molecule has 0 spiro atoms. The number of rotatable bonds is 8. The molecule has 96 valence electrons. The quantitative estimate of drug-likeness (QED) is 0.686. The topological polar surface area (TPSA) is 21.3 Å². The van der Waals surface area contributed by atoms with Crippen molar-refractivity contribution in [3.05, 3.63) is 0 Å². The summed E-state index contributed by atoms with van der Waals surface area (Å²) >= 11 is 0. The van der Waals surface area contributed by atoms with E-state index in [0.717, 1.165) is 19.1 Å². The van der Waals surface area contributed by atoms with Crippen LogP contribution < -0.4 is 5.32 Å². The van der Waals surface area contributed by atoms with E-state index in [-0.39, 0.29) is 5.60 Å². The van der Waals surface area contributed by atoms with Crippen LogP contribution in [-0.2, 0) is 4.74 Å². The molecule has 0 aromatic rings. The summed E-state index contributed by atoms with van der Waals surface area (Å²) in [5.74, 6) is 1.03. The van der Waals surface area contributed by atoms with Crippen molar-refractivity contribution in [1.29, 1.82) is 0 Å². The average molecular weight is 227 g/mol. The molecule has 1 aliphatic rings. The summed E-state index contributed by atoms with van der Waals surface area (Å²) < 4.78 is 5.88. The second-order valence-corrected chi connectivity index (χ2v) is 6.10. The van der Waals surface area contributed by atoms with Crippen LogP contribution in [0.15, 0.2) is 0 Å². The standard InChI is InChI=1S/C14H29NO/c1-5-10-15-13(9-8-12-6-7-12)11-16-14(2,3)4/h12-13,15H,5-11H2,1-4H3. The summed E-state index contributed by atoms with van der Waals surface area (Å²) in [6, 6.07) is 0.555. The lowest BCUT2D eigenvalue weighted by atomic mass is 10.1. The normalized spacial score (nSPS) is 18.8. The third kappa shape index (κ3) is 7.24. The Kier molecular flexibility index (Phi) is 5.77. The highest BCUT2D eigenvalue weighted by Gasteiger charge is 2.23. The highest BCUT2D eigenvalue weighted by atomic mass is 16.5. The first-order chi connectivity index (χ1) is 7.51. The largest absolute Gasteiger partial charge is 0.374 e. The first-order valence-corrected chi connectivity index (χ1v) is 6.88. The monoisotopic (exact) mass is 227 g/mol. The zero-order chi connectivity index (χ0) is 12.0. The predicted octanol–water partition coefficient (Wildman–Crippen LogP) is 3.36. The van der Waals surface area contributed by atoms with Gasteiger partial charge in [-0.3, -0.25) is 0 Å². The molecule has 0 bridgehead atoms. The Morgan fingerprint density at radius 2 is 2.00 bits per heavy atom. The second kappa shape index (κ2) is 6.61. The molecule has 0 saturated heterocycles. The summed E-state index contributed by atoms with van der Waals surface area (Å²) in [7, 11) is 0. The van der Waals surface area contributed by atoms with Gasteiger partial charge in [-0.15, -0.1) is 0 Å². The summed E-state index contributed by atoms with van der Waals surface area (Å²) in [5, 5.41) is 3.60. The maximum atomic E-state index is 5.88. The molecule has 1 saturated carbocycles. The van der Waals surface area contributed by atoms with Crippen LogP contribution in [0.3, 0.4) is 0 Å². The van der Waals surface area contributed by atoms with E-state index in [1.165, 1.54) is 32.1 Å². The van der Waals surface area contributed by atoms with Crippen molar-refractivity contribution >= 4 is 0 Å². The van der Waals surface area contributed by atoms with Crippen LogP contribution in [0.5, 0.6) is 0 Å². The van der Waals surface area contributed by atoms with Crippen LogP contribution in [-0.4, -0.2) is 24.8 Å². The Morgan fingerprint density at radius 3 is 2.50 bits per heavy atom. The minimum atomic E-state index is -0.00821. The van der Waals surface area contributed by atoms with Crippen molar-refractivity contribution < 1.29 is 4.74 Å². The molecule has 0 amide bonds. The molecular formula is C14H29NO. The Morgan fingerprint density at radius 1 is 1.31 bits per heavy atom. The van der Waals surface area contributed by atoms with Gasteiger partial charge in [0.2, 0.25) is 0 Å². The van der Waals surface area contributed by atoms with Gasteiger partial charge in [-0.25, -0.2) is 0 Å². The Hall–Kier alpha value is -0.0800. The molecule has 0 heterocycles. The van der Waals surface area contributed by atoms with Crippen molar-refractivity contribution in [2.45, 2.75) is 71.4 Å². The molecule has 0 aliphatic heterocycles. The van der Waals surface area contributed by atoms with Gasteiger partial charge in [-0.2, -0.15) is 0 Å². The summed E-state index contributed by atoms with van der Waals surface area (Å²) in [5.41, 5.74) is -0.00821. The van der Waals surface area contributed by atoms with E-state index in [9.17, 15) is 0 Å². The maximum absolute atomic E-state index is 5.88. The summed E-state index contributed by atoms with van der Waals surface area (Å²) in [4.78, 5) is 0. The van der Waals surface area contributed by atoms with Gasteiger partial charge < -0.3 is 10.1 Å². The fourth-order valence-electron chi connectivity index (χ4n) is 1.79. The maximum Gasteiger partial charge on any atom is 0.0626 e. The minimum Gasteiger partial charge on any atom is -0.374 e. The number of nitrogens with one attached hydrogen (secondary N) is 1. The SMILES string of the molecule is CCCNC(CCC1CC1)COC(C)(C)C. The lowest BCUT2D eigenvalue weighted by Crippen LogP contribution is -2.37. The van der Waals surface area contributed by atoms with E-state index in [1.807, 2.05) is 0 Å². The predicted molar refractivity (Wildman–Crippen MR) is 69.7 cm³/mol. The van der Waals surface area contributed by atoms with Gasteiger partial charge in [0.05, 0.1) is 12.2 Å². The van der Waals surface area contributed by atoms with Crippen LogP contribution in [0.25, 0.3) is 0 Å². The van der Waals surface area contributed by atoms with Crippen molar-refractivity contribution in [3.8, 4) is 0 Å². The van der Waals surface area contributed by atoms with E-state index >= 15 is 0 Å². The molecular weight excluding hydrogens is 198 g/mol. The van der Waals surface area contributed by atoms with Gasteiger partial charge in [0, 0.05) is 6.04 Å². The van der Waals surface area contributed by atoms with Gasteiger partial charge in [-0.05, 0) is 52.5 Å². The Bertz CT molecular complexity index is 182. The number of hydrogen-bond acceptors (Lipinski definition) is 2. The van der Waals surface area contributed by atoms with Crippen LogP contribution in [0.4, 0.5) is 0 Å². The number of ether oxygens (including phenoxy) is 1. The molecule has 1 N–H and O–H groups in total. The molecule has 1 unspecified atom stereocenters. The van der Waals surface area contributed by atoms with Crippen LogP contribution in [0.1, 0.15) is 59.8 Å². The van der Waals surface area contributed by atoms with E-state index in [1.54, 1.807) is 0 Å². The third-order valence-electron chi connectivity index (χ3n) is 3.02. The lowest BCUT2D eigenvalue weighted by Gasteiger charge is -2.25. The first kappa shape index (κ1) is 14.0. The van der Waals surface area contributed by atoms with Gasteiger partial charge >= 0.3 is 0 Å². The zero-order valence-electron chi connectivity index (χ0n) is 11.5. The van der Waals surface area contributed by atoms with Crippen LogP contribution in [0.2, 0.25) is 0 Å². The molecule has 1 rings (SSSR count). The fraction of sp³-hybridized carbons (Fsp3) is 1.00. The molecule has 0 radical (unpaired) electrons. The molecule has 16 heavy (non-hydrogen) atoms. The zero-order valence-corrected chi connectivity index (χ0v) is 11.5. The van der Waals surface area contributed by atoms with Crippen LogP contribution in [0, 0.1) is 5.92 Å². The van der Waals surface area contributed by atoms with Crippen molar-refractivity contribution in [3.63, 3.8) is 0 Å². The molecule has 0 aromatic carbocycles. The molecule has 1 aliphatic carbocycles. The fourth-order valence-corrected chi connectivity index (χ4v) is 1.79. The highest BCUT2D eigenvalue weighted by molar-refractivity contribution is 4.77. The van der Waals surface area contributed by atoms with Gasteiger partial charge in [0.15, 0.2) is 0 Å². The second-order valence-electron chi connectivity index (χ2n) is 6.10. The Labute approximate surface area is 101 Å². The van der Waals surface area contributed by atoms with E-state index in [4.69, 9.17) is 4.74 Å².